The average Bonchev–Trinajstić information content (AvgIpc) is 2.55. The third-order valence-electron chi connectivity index (χ3n) is 3.03. The van der Waals surface area contributed by atoms with E-state index in [0.717, 1.165) is 24.3 Å². The standard InChI is InChI=1S/C16H9BrF5NO3/c17-11-5-10(18)6-12(19)14(11)23-13(24)7-26-15(25)8-2-1-3-9(4-8)16(20,21)22/h1-6H,7H2,(H,23,24). The zero-order chi connectivity index (χ0) is 19.5. The normalized spacial score (nSPS) is 11.2. The van der Waals surface area contributed by atoms with Gasteiger partial charge in [-0.15, -0.1) is 0 Å². The van der Waals surface area contributed by atoms with Gasteiger partial charge in [-0.25, -0.2) is 13.6 Å². The van der Waals surface area contributed by atoms with Crippen molar-refractivity contribution in [1.29, 1.82) is 0 Å². The molecule has 0 bridgehead atoms. The van der Waals surface area contributed by atoms with Gasteiger partial charge in [0, 0.05) is 10.5 Å². The van der Waals surface area contributed by atoms with Gasteiger partial charge in [-0.05, 0) is 40.2 Å². The molecule has 26 heavy (non-hydrogen) atoms. The largest absolute Gasteiger partial charge is 0.452 e. The number of benzene rings is 2. The van der Waals surface area contributed by atoms with Crippen molar-refractivity contribution in [2.75, 3.05) is 11.9 Å². The van der Waals surface area contributed by atoms with E-state index < -0.39 is 47.4 Å². The van der Waals surface area contributed by atoms with Gasteiger partial charge in [0.1, 0.15) is 5.82 Å². The van der Waals surface area contributed by atoms with Gasteiger partial charge in [0.25, 0.3) is 5.91 Å². The molecule has 10 heteroatoms. The Kier molecular flexibility index (Phi) is 5.96. The molecule has 0 spiro atoms. The summed E-state index contributed by atoms with van der Waals surface area (Å²) in [7, 11) is 0. The maximum absolute atomic E-state index is 13.6. The number of nitrogens with one attached hydrogen (secondary N) is 1. The molecule has 0 unspecified atom stereocenters. The van der Waals surface area contributed by atoms with Crippen LogP contribution >= 0.6 is 15.9 Å². The number of halogens is 6. The lowest BCUT2D eigenvalue weighted by atomic mass is 10.1. The molecular formula is C16H9BrF5NO3. The second-order valence-corrected chi connectivity index (χ2v) is 5.80. The number of alkyl halides is 3. The molecule has 2 rings (SSSR count). The van der Waals surface area contributed by atoms with E-state index in [2.05, 4.69) is 26.0 Å². The summed E-state index contributed by atoms with van der Waals surface area (Å²) in [4.78, 5) is 23.5. The Balaban J connectivity index is 2.01. The summed E-state index contributed by atoms with van der Waals surface area (Å²) in [5.74, 6) is -4.06. The highest BCUT2D eigenvalue weighted by atomic mass is 79.9. The molecule has 4 nitrogen and oxygen atoms in total. The number of esters is 1. The SMILES string of the molecule is O=C(COC(=O)c1cccc(C(F)(F)F)c1)Nc1c(F)cc(F)cc1Br. The van der Waals surface area contributed by atoms with Crippen molar-refractivity contribution < 1.29 is 36.3 Å². The lowest BCUT2D eigenvalue weighted by Crippen LogP contribution is -2.22. The molecule has 0 aromatic heterocycles. The van der Waals surface area contributed by atoms with Gasteiger partial charge in [0.05, 0.1) is 16.8 Å². The summed E-state index contributed by atoms with van der Waals surface area (Å²) in [6.07, 6.45) is -4.64. The van der Waals surface area contributed by atoms with Crippen LogP contribution in [0.25, 0.3) is 0 Å². The maximum Gasteiger partial charge on any atom is 0.416 e. The Morgan fingerprint density at radius 1 is 1.12 bits per heavy atom. The monoisotopic (exact) mass is 437 g/mol. The Morgan fingerprint density at radius 3 is 2.42 bits per heavy atom. The van der Waals surface area contributed by atoms with Crippen LogP contribution in [0.5, 0.6) is 0 Å². The van der Waals surface area contributed by atoms with E-state index >= 15 is 0 Å². The smallest absolute Gasteiger partial charge is 0.416 e. The van der Waals surface area contributed by atoms with Crippen LogP contribution in [0, 0.1) is 11.6 Å². The van der Waals surface area contributed by atoms with Crippen molar-refractivity contribution in [2.45, 2.75) is 6.18 Å². The summed E-state index contributed by atoms with van der Waals surface area (Å²) in [6, 6.07) is 4.91. The second-order valence-electron chi connectivity index (χ2n) is 4.95. The molecule has 0 saturated carbocycles. The number of hydrogen-bond acceptors (Lipinski definition) is 3. The lowest BCUT2D eigenvalue weighted by molar-refractivity contribution is -0.137. The van der Waals surface area contributed by atoms with E-state index in [9.17, 15) is 31.5 Å². The van der Waals surface area contributed by atoms with Crippen LogP contribution in [0.3, 0.4) is 0 Å². The minimum absolute atomic E-state index is 0.0763. The highest BCUT2D eigenvalue weighted by molar-refractivity contribution is 9.10. The second kappa shape index (κ2) is 7.81. The summed E-state index contributed by atoms with van der Waals surface area (Å²) >= 11 is 2.86. The highest BCUT2D eigenvalue weighted by Crippen LogP contribution is 2.30. The molecule has 0 aliphatic heterocycles. The quantitative estimate of drug-likeness (QED) is 0.564. The first-order valence-corrected chi connectivity index (χ1v) is 7.66. The predicted molar refractivity (Wildman–Crippen MR) is 84.4 cm³/mol. The van der Waals surface area contributed by atoms with Gasteiger partial charge in [0.15, 0.2) is 12.4 Å². The first-order chi connectivity index (χ1) is 12.1. The van der Waals surface area contributed by atoms with Crippen LogP contribution < -0.4 is 5.32 Å². The average molecular weight is 438 g/mol. The number of hydrogen-bond donors (Lipinski definition) is 1. The lowest BCUT2D eigenvalue weighted by Gasteiger charge is -2.10. The first kappa shape index (κ1) is 19.8. The van der Waals surface area contributed by atoms with Crippen molar-refractivity contribution in [2.24, 2.45) is 0 Å². The number of anilines is 1. The fraction of sp³-hybridized carbons (Fsp3) is 0.125. The van der Waals surface area contributed by atoms with Crippen molar-refractivity contribution >= 4 is 33.5 Å². The zero-order valence-corrected chi connectivity index (χ0v) is 14.2. The zero-order valence-electron chi connectivity index (χ0n) is 12.7. The van der Waals surface area contributed by atoms with Gasteiger partial charge < -0.3 is 10.1 Å². The summed E-state index contributed by atoms with van der Waals surface area (Å²) in [5, 5.41) is 2.06. The van der Waals surface area contributed by atoms with Crippen molar-refractivity contribution in [3.05, 3.63) is 63.6 Å². The Labute approximate surface area is 152 Å². The molecule has 138 valence electrons. The fourth-order valence-corrected chi connectivity index (χ4v) is 2.38. The van der Waals surface area contributed by atoms with E-state index in [0.29, 0.717) is 12.1 Å². The van der Waals surface area contributed by atoms with E-state index in [1.165, 1.54) is 0 Å². The maximum atomic E-state index is 13.6. The van der Waals surface area contributed by atoms with Gasteiger partial charge in [-0.1, -0.05) is 6.07 Å². The molecule has 2 aromatic rings. The van der Waals surface area contributed by atoms with Gasteiger partial charge >= 0.3 is 12.1 Å². The number of carbonyl (C=O) groups is 2. The minimum atomic E-state index is -4.64. The molecule has 0 aliphatic carbocycles. The van der Waals surface area contributed by atoms with Crippen LogP contribution in [-0.2, 0) is 15.7 Å². The Bertz CT molecular complexity index is 831. The Hall–Kier alpha value is -2.49. The molecule has 2 aromatic carbocycles. The van der Waals surface area contributed by atoms with E-state index in [1.54, 1.807) is 0 Å². The van der Waals surface area contributed by atoms with Gasteiger partial charge in [-0.2, -0.15) is 13.2 Å². The predicted octanol–water partition coefficient (Wildman–Crippen LogP) is 4.54. The first-order valence-electron chi connectivity index (χ1n) is 6.86. The topological polar surface area (TPSA) is 55.4 Å². The third kappa shape index (κ3) is 5.01. The molecule has 0 heterocycles. The molecule has 0 saturated heterocycles. The summed E-state index contributed by atoms with van der Waals surface area (Å²) in [5.41, 5.74) is -1.82. The van der Waals surface area contributed by atoms with E-state index in [1.807, 2.05) is 0 Å². The van der Waals surface area contributed by atoms with E-state index in [-0.39, 0.29) is 10.2 Å². The Morgan fingerprint density at radius 2 is 1.81 bits per heavy atom. The van der Waals surface area contributed by atoms with Crippen LogP contribution in [-0.4, -0.2) is 18.5 Å². The van der Waals surface area contributed by atoms with Crippen molar-refractivity contribution in [3.63, 3.8) is 0 Å². The number of ether oxygens (including phenoxy) is 1. The molecule has 0 fully saturated rings. The van der Waals surface area contributed by atoms with Crippen LogP contribution in [0.2, 0.25) is 0 Å². The highest BCUT2D eigenvalue weighted by Gasteiger charge is 2.31. The summed E-state index contributed by atoms with van der Waals surface area (Å²) < 4.78 is 68.9. The molecule has 1 amide bonds. The number of amides is 1. The molecule has 1 N–H and O–H groups in total. The van der Waals surface area contributed by atoms with Crippen LogP contribution in [0.1, 0.15) is 15.9 Å². The van der Waals surface area contributed by atoms with Crippen molar-refractivity contribution in [1.82, 2.24) is 0 Å². The fourth-order valence-electron chi connectivity index (χ4n) is 1.87. The number of carbonyl (C=O) groups excluding carboxylic acids is 2. The molecule has 0 aliphatic rings. The number of rotatable bonds is 4. The summed E-state index contributed by atoms with van der Waals surface area (Å²) in [6.45, 7) is -0.877. The van der Waals surface area contributed by atoms with Crippen LogP contribution in [0.15, 0.2) is 40.9 Å². The molecule has 0 radical (unpaired) electrons. The molecular weight excluding hydrogens is 429 g/mol. The third-order valence-corrected chi connectivity index (χ3v) is 3.66. The molecule has 0 atom stereocenters. The van der Waals surface area contributed by atoms with E-state index in [4.69, 9.17) is 0 Å². The van der Waals surface area contributed by atoms with Gasteiger partial charge in [-0.3, -0.25) is 4.79 Å². The van der Waals surface area contributed by atoms with Crippen molar-refractivity contribution in [3.8, 4) is 0 Å². The van der Waals surface area contributed by atoms with Gasteiger partial charge in [0.2, 0.25) is 0 Å². The minimum Gasteiger partial charge on any atom is -0.452 e. The van der Waals surface area contributed by atoms with Crippen LogP contribution in [0.4, 0.5) is 27.6 Å².